The first-order valence-corrected chi connectivity index (χ1v) is 5.85. The maximum Gasteiger partial charge on any atom is 0.111 e. The number of aromatic amines is 1. The van der Waals surface area contributed by atoms with Gasteiger partial charge in [-0.15, -0.1) is 0 Å². The number of nitrogens with zero attached hydrogens (tertiary/aromatic N) is 1. The van der Waals surface area contributed by atoms with Crippen LogP contribution in [-0.4, -0.2) is 16.0 Å². The Balaban J connectivity index is 2.52. The van der Waals surface area contributed by atoms with Crippen LogP contribution in [0.5, 0.6) is 0 Å². The highest BCUT2D eigenvalue weighted by Gasteiger charge is 2.15. The number of benzene rings is 1. The Hall–Kier alpha value is -0.770. The van der Waals surface area contributed by atoms with Gasteiger partial charge >= 0.3 is 0 Å². The highest BCUT2D eigenvalue weighted by molar-refractivity contribution is 6.42. The molecule has 3 nitrogen and oxygen atoms in total. The van der Waals surface area contributed by atoms with Crippen LogP contribution in [0.3, 0.4) is 0 Å². The van der Waals surface area contributed by atoms with Gasteiger partial charge in [0.25, 0.3) is 0 Å². The van der Waals surface area contributed by atoms with Crippen molar-refractivity contribution in [1.82, 2.24) is 9.97 Å². The largest absolute Gasteiger partial charge is 0.342 e. The maximum atomic E-state index is 5.93. The second kappa shape index (κ2) is 4.24. The molecule has 16 heavy (non-hydrogen) atoms. The molecule has 86 valence electrons. The molecular weight excluding hydrogens is 245 g/mol. The summed E-state index contributed by atoms with van der Waals surface area (Å²) in [5.74, 6) is 1.04. The van der Waals surface area contributed by atoms with Crippen LogP contribution in [0.15, 0.2) is 12.1 Å². The standard InChI is InChI=1S/C11H13Cl2N3/c1-5(6(2)14)11-15-9-3-7(12)8(13)4-10(9)16-11/h3-6H,14H2,1-2H3,(H,15,16). The summed E-state index contributed by atoms with van der Waals surface area (Å²) in [5, 5.41) is 1.04. The van der Waals surface area contributed by atoms with E-state index in [1.54, 1.807) is 12.1 Å². The predicted molar refractivity (Wildman–Crippen MR) is 68.2 cm³/mol. The zero-order valence-corrected chi connectivity index (χ0v) is 10.6. The van der Waals surface area contributed by atoms with E-state index in [-0.39, 0.29) is 12.0 Å². The number of rotatable bonds is 2. The lowest BCUT2D eigenvalue weighted by molar-refractivity contribution is 0.588. The Morgan fingerprint density at radius 2 is 1.88 bits per heavy atom. The molecule has 0 aliphatic carbocycles. The van der Waals surface area contributed by atoms with Crippen molar-refractivity contribution in [2.24, 2.45) is 5.73 Å². The molecule has 0 radical (unpaired) electrons. The van der Waals surface area contributed by atoms with Crippen LogP contribution < -0.4 is 5.73 Å². The fraction of sp³-hybridized carbons (Fsp3) is 0.364. The average molecular weight is 258 g/mol. The second-order valence-corrected chi connectivity index (χ2v) is 4.87. The van der Waals surface area contributed by atoms with Gasteiger partial charge in [-0.05, 0) is 19.1 Å². The van der Waals surface area contributed by atoms with Crippen molar-refractivity contribution in [2.75, 3.05) is 0 Å². The van der Waals surface area contributed by atoms with E-state index in [0.717, 1.165) is 16.9 Å². The third-order valence-corrected chi connectivity index (χ3v) is 3.48. The molecule has 2 atom stereocenters. The molecule has 2 unspecified atom stereocenters. The van der Waals surface area contributed by atoms with Gasteiger partial charge in [-0.1, -0.05) is 30.1 Å². The number of imidazole rings is 1. The molecule has 0 fully saturated rings. The van der Waals surface area contributed by atoms with Gasteiger partial charge in [-0.25, -0.2) is 4.98 Å². The Morgan fingerprint density at radius 1 is 1.25 bits per heavy atom. The zero-order chi connectivity index (χ0) is 11.9. The van der Waals surface area contributed by atoms with E-state index < -0.39 is 0 Å². The molecule has 0 amide bonds. The number of H-pyrrole nitrogens is 1. The molecule has 0 aliphatic heterocycles. The molecule has 2 rings (SSSR count). The summed E-state index contributed by atoms with van der Waals surface area (Å²) < 4.78 is 0. The first-order valence-electron chi connectivity index (χ1n) is 5.09. The fourth-order valence-corrected chi connectivity index (χ4v) is 1.81. The van der Waals surface area contributed by atoms with E-state index in [1.807, 2.05) is 13.8 Å². The predicted octanol–water partition coefficient (Wildman–Crippen LogP) is 3.32. The van der Waals surface area contributed by atoms with E-state index in [4.69, 9.17) is 28.9 Å². The number of nitrogens with one attached hydrogen (secondary N) is 1. The number of nitrogens with two attached hydrogens (primary N) is 1. The van der Waals surface area contributed by atoms with Crippen LogP contribution in [0.4, 0.5) is 0 Å². The minimum atomic E-state index is 0.0477. The number of fused-ring (bicyclic) bond motifs is 1. The minimum Gasteiger partial charge on any atom is -0.342 e. The summed E-state index contributed by atoms with van der Waals surface area (Å²) in [4.78, 5) is 7.67. The van der Waals surface area contributed by atoms with Crippen molar-refractivity contribution < 1.29 is 0 Å². The lowest BCUT2D eigenvalue weighted by Gasteiger charge is -2.11. The van der Waals surface area contributed by atoms with Gasteiger partial charge < -0.3 is 10.7 Å². The van der Waals surface area contributed by atoms with E-state index in [0.29, 0.717) is 10.0 Å². The van der Waals surface area contributed by atoms with Crippen LogP contribution in [0.25, 0.3) is 11.0 Å². The molecule has 0 spiro atoms. The average Bonchev–Trinajstić information content (AvgIpc) is 2.60. The van der Waals surface area contributed by atoms with Crippen LogP contribution in [0.2, 0.25) is 10.0 Å². The minimum absolute atomic E-state index is 0.0477. The van der Waals surface area contributed by atoms with Crippen molar-refractivity contribution in [1.29, 1.82) is 0 Å². The molecule has 2 aromatic rings. The van der Waals surface area contributed by atoms with Crippen LogP contribution in [0, 0.1) is 0 Å². The molecule has 3 N–H and O–H groups in total. The Labute approximate surface area is 104 Å². The summed E-state index contributed by atoms with van der Waals surface area (Å²) in [5.41, 5.74) is 7.54. The molecule has 5 heteroatoms. The highest BCUT2D eigenvalue weighted by atomic mass is 35.5. The highest BCUT2D eigenvalue weighted by Crippen LogP contribution is 2.28. The van der Waals surface area contributed by atoms with Crippen molar-refractivity contribution in [3.8, 4) is 0 Å². The molecule has 0 aliphatic rings. The van der Waals surface area contributed by atoms with E-state index in [9.17, 15) is 0 Å². The van der Waals surface area contributed by atoms with Crippen molar-refractivity contribution >= 4 is 34.2 Å². The van der Waals surface area contributed by atoms with Gasteiger partial charge in [0, 0.05) is 12.0 Å². The zero-order valence-electron chi connectivity index (χ0n) is 9.09. The summed E-state index contributed by atoms with van der Waals surface area (Å²) in [6.45, 7) is 3.99. The Kier molecular flexibility index (Phi) is 3.10. The molecular formula is C11H13Cl2N3. The quantitative estimate of drug-likeness (QED) is 0.868. The smallest absolute Gasteiger partial charge is 0.111 e. The first-order chi connectivity index (χ1) is 7.49. The molecule has 0 saturated heterocycles. The number of hydrogen-bond acceptors (Lipinski definition) is 2. The summed E-state index contributed by atoms with van der Waals surface area (Å²) in [6.07, 6.45) is 0. The molecule has 1 aromatic heterocycles. The van der Waals surface area contributed by atoms with Gasteiger partial charge in [0.2, 0.25) is 0 Å². The van der Waals surface area contributed by atoms with E-state index in [1.165, 1.54) is 0 Å². The number of aromatic nitrogens is 2. The Morgan fingerprint density at radius 3 is 2.50 bits per heavy atom. The maximum absolute atomic E-state index is 5.93. The van der Waals surface area contributed by atoms with Gasteiger partial charge in [0.1, 0.15) is 5.82 Å². The van der Waals surface area contributed by atoms with Gasteiger partial charge in [-0.2, -0.15) is 0 Å². The normalized spacial score (nSPS) is 15.3. The van der Waals surface area contributed by atoms with Crippen molar-refractivity contribution in [3.05, 3.63) is 28.0 Å². The van der Waals surface area contributed by atoms with E-state index in [2.05, 4.69) is 9.97 Å². The summed E-state index contributed by atoms with van der Waals surface area (Å²) in [7, 11) is 0. The first kappa shape index (κ1) is 11.7. The molecule has 1 aromatic carbocycles. The van der Waals surface area contributed by atoms with Crippen LogP contribution in [-0.2, 0) is 0 Å². The lowest BCUT2D eigenvalue weighted by Crippen LogP contribution is -2.23. The lowest BCUT2D eigenvalue weighted by atomic mass is 10.0. The fourth-order valence-electron chi connectivity index (χ4n) is 1.49. The monoisotopic (exact) mass is 257 g/mol. The van der Waals surface area contributed by atoms with Gasteiger partial charge in [0.15, 0.2) is 0 Å². The molecule has 1 heterocycles. The van der Waals surface area contributed by atoms with Crippen LogP contribution in [0.1, 0.15) is 25.6 Å². The van der Waals surface area contributed by atoms with Gasteiger partial charge in [-0.3, -0.25) is 0 Å². The SMILES string of the molecule is CC(N)C(C)c1nc2cc(Cl)c(Cl)cc2[nH]1. The van der Waals surface area contributed by atoms with Crippen molar-refractivity contribution in [3.63, 3.8) is 0 Å². The number of hydrogen-bond donors (Lipinski definition) is 2. The third kappa shape index (κ3) is 2.03. The third-order valence-electron chi connectivity index (χ3n) is 2.76. The van der Waals surface area contributed by atoms with E-state index >= 15 is 0 Å². The topological polar surface area (TPSA) is 54.7 Å². The molecule has 0 bridgehead atoms. The van der Waals surface area contributed by atoms with Crippen LogP contribution >= 0.6 is 23.2 Å². The van der Waals surface area contributed by atoms with Gasteiger partial charge in [0.05, 0.1) is 21.1 Å². The van der Waals surface area contributed by atoms with Crippen molar-refractivity contribution in [2.45, 2.75) is 25.8 Å². The Bertz CT molecular complexity index is 480. The molecule has 0 saturated carbocycles. The number of halogens is 2. The second-order valence-electron chi connectivity index (χ2n) is 4.05. The summed E-state index contributed by atoms with van der Waals surface area (Å²) in [6, 6.07) is 3.59. The summed E-state index contributed by atoms with van der Waals surface area (Å²) >= 11 is 11.9.